The summed E-state index contributed by atoms with van der Waals surface area (Å²) in [6.45, 7) is 8.45. The molecule has 0 N–H and O–H groups in total. The van der Waals surface area contributed by atoms with Crippen LogP contribution in [0, 0.1) is 12.8 Å². The summed E-state index contributed by atoms with van der Waals surface area (Å²) in [6, 6.07) is 25.2. The van der Waals surface area contributed by atoms with Crippen molar-refractivity contribution in [2.24, 2.45) is 5.92 Å². The van der Waals surface area contributed by atoms with Gasteiger partial charge in [-0.05, 0) is 59.2 Å². The molecule has 0 saturated heterocycles. The molecule has 0 aliphatic heterocycles. The van der Waals surface area contributed by atoms with E-state index < -0.39 is 0 Å². The summed E-state index contributed by atoms with van der Waals surface area (Å²) in [7, 11) is 0. The summed E-state index contributed by atoms with van der Waals surface area (Å²) in [5, 5.41) is 0. The van der Waals surface area contributed by atoms with Crippen LogP contribution in [-0.4, -0.2) is 6.43 Å². The molecule has 3 aromatic carbocycles. The van der Waals surface area contributed by atoms with E-state index in [1.165, 1.54) is 50.1 Å². The van der Waals surface area contributed by atoms with E-state index >= 15 is 0 Å². The fraction of sp³-hybridized carbons (Fsp3) is 0.241. The molecule has 0 radical (unpaired) electrons. The number of aryl methyl sites for hydroxylation is 1. The molecule has 3 aliphatic carbocycles. The molecule has 0 aromatic heterocycles. The molecule has 1 spiro atoms. The van der Waals surface area contributed by atoms with E-state index in [0.717, 1.165) is 6.42 Å². The first kappa shape index (κ1) is 22.5. The Morgan fingerprint density at radius 2 is 1.38 bits per heavy atom. The quantitative estimate of drug-likeness (QED) is 0.318. The summed E-state index contributed by atoms with van der Waals surface area (Å²) in [5.74, 6) is 0.475. The zero-order chi connectivity index (χ0) is 22.9. The average molecular weight is 438 g/mol. The fourth-order valence-electron chi connectivity index (χ4n) is 5.87. The second-order valence-corrected chi connectivity index (χ2v) is 8.55. The van der Waals surface area contributed by atoms with Gasteiger partial charge in [-0.15, -0.1) is 0 Å². The van der Waals surface area contributed by atoms with Crippen LogP contribution in [0.25, 0.3) is 16.7 Å². The zero-order valence-corrected chi connectivity index (χ0v) is 20.0. The molecular formula is C29H28BFS. The number of fused-ring (bicyclic) bond motifs is 10. The molecule has 0 nitrogen and oxygen atoms in total. The maximum absolute atomic E-state index is 9.98. The van der Waals surface area contributed by atoms with Gasteiger partial charge in [0.25, 0.3) is 0 Å². The molecule has 0 saturated carbocycles. The Hall–Kier alpha value is -2.65. The molecule has 3 heteroatoms. The van der Waals surface area contributed by atoms with E-state index in [1.54, 1.807) is 0 Å². The predicted molar refractivity (Wildman–Crippen MR) is 139 cm³/mol. The van der Waals surface area contributed by atoms with Crippen molar-refractivity contribution >= 4 is 24.1 Å². The summed E-state index contributed by atoms with van der Waals surface area (Å²) < 4.78 is 9.98. The molecule has 32 heavy (non-hydrogen) atoms. The van der Waals surface area contributed by atoms with Crippen molar-refractivity contribution < 1.29 is 4.32 Å². The van der Waals surface area contributed by atoms with E-state index in [1.807, 2.05) is 13.8 Å². The molecule has 1 atom stereocenters. The average Bonchev–Trinajstić information content (AvgIpc) is 3.27. The second kappa shape index (κ2) is 9.07. The third-order valence-electron chi connectivity index (χ3n) is 6.86. The molecule has 0 bridgehead atoms. The number of halogens is 1. The van der Waals surface area contributed by atoms with Crippen molar-refractivity contribution in [1.29, 1.82) is 0 Å². The van der Waals surface area contributed by atoms with Crippen molar-refractivity contribution in [2.75, 3.05) is 0 Å². The van der Waals surface area contributed by atoms with Crippen molar-refractivity contribution in [3.63, 3.8) is 0 Å². The molecule has 6 rings (SSSR count). The van der Waals surface area contributed by atoms with Crippen molar-refractivity contribution in [1.82, 2.24) is 0 Å². The molecule has 160 valence electrons. The summed E-state index contributed by atoms with van der Waals surface area (Å²) in [4.78, 5) is 0. The van der Waals surface area contributed by atoms with Crippen LogP contribution in [0.5, 0.6) is 0 Å². The van der Waals surface area contributed by atoms with Crippen LogP contribution in [0.4, 0.5) is 4.32 Å². The van der Waals surface area contributed by atoms with Crippen LogP contribution in [0.2, 0.25) is 0 Å². The van der Waals surface area contributed by atoms with Crippen LogP contribution in [0.3, 0.4) is 0 Å². The van der Waals surface area contributed by atoms with Gasteiger partial charge in [-0.25, -0.2) is 0 Å². The van der Waals surface area contributed by atoms with E-state index in [9.17, 15) is 4.32 Å². The third kappa shape index (κ3) is 3.18. The number of hydrogen-bond donors (Lipinski definition) is 0. The van der Waals surface area contributed by atoms with Gasteiger partial charge >= 0.3 is 22.8 Å². The van der Waals surface area contributed by atoms with Gasteiger partial charge < -0.3 is 0 Å². The summed E-state index contributed by atoms with van der Waals surface area (Å²) >= 11 is 3.60. The normalized spacial score (nSPS) is 17.7. The third-order valence-corrected chi connectivity index (χ3v) is 6.86. The van der Waals surface area contributed by atoms with E-state index in [0.29, 0.717) is 5.92 Å². The monoisotopic (exact) mass is 438 g/mol. The predicted octanol–water partition coefficient (Wildman–Crippen LogP) is 8.39. The number of rotatable bonds is 0. The van der Waals surface area contributed by atoms with Crippen molar-refractivity contribution in [3.8, 4) is 11.1 Å². The Kier molecular flexibility index (Phi) is 6.39. The van der Waals surface area contributed by atoms with Crippen LogP contribution in [0.1, 0.15) is 55.0 Å². The summed E-state index contributed by atoms with van der Waals surface area (Å²) in [5.41, 5.74) is 12.9. The van der Waals surface area contributed by atoms with Crippen molar-refractivity contribution in [3.05, 3.63) is 112 Å². The second-order valence-electron chi connectivity index (χ2n) is 8.37. The molecule has 3 aliphatic rings. The SMILES string of the molecule is CC.CC1=CC[C@@H]2C(=C1)c1cc(C)ccc1C21c2ccccc2-c2ccccc21.FB=S. The number of allylic oxidation sites excluding steroid dienone is 4. The fourth-order valence-corrected chi connectivity index (χ4v) is 5.87. The Bertz CT molecular complexity index is 1190. The zero-order valence-electron chi connectivity index (χ0n) is 19.2. The van der Waals surface area contributed by atoms with Gasteiger partial charge in [0.05, 0.1) is 5.41 Å². The molecule has 3 aromatic rings. The van der Waals surface area contributed by atoms with Crippen LogP contribution in [0.15, 0.2) is 84.5 Å². The van der Waals surface area contributed by atoms with E-state index in [-0.39, 0.29) is 11.8 Å². The van der Waals surface area contributed by atoms with Gasteiger partial charge in [0, 0.05) is 5.92 Å². The van der Waals surface area contributed by atoms with Gasteiger partial charge in [-0.1, -0.05) is 104 Å². The van der Waals surface area contributed by atoms with E-state index in [4.69, 9.17) is 0 Å². The molecule has 0 unspecified atom stereocenters. The van der Waals surface area contributed by atoms with Crippen molar-refractivity contribution in [2.45, 2.75) is 39.5 Å². The van der Waals surface area contributed by atoms with E-state index in [2.05, 4.69) is 105 Å². The van der Waals surface area contributed by atoms with Gasteiger partial charge in [-0.3, -0.25) is 0 Å². The molecule has 0 amide bonds. The van der Waals surface area contributed by atoms with Gasteiger partial charge in [0.15, 0.2) is 0 Å². The molecular weight excluding hydrogens is 410 g/mol. The topological polar surface area (TPSA) is 0 Å². The molecule has 0 heterocycles. The maximum atomic E-state index is 9.98. The Labute approximate surface area is 197 Å². The standard InChI is InChI=1S/C27H22.C2H6.BFS/c1-17-11-13-25-21(15-17)22-16-18(2)12-14-26(22)27(25)23-9-5-3-7-19(23)20-8-4-6-10-24(20)27;1-2;2-1-3/h3-13,15-16,26H,14H2,1-2H3;1-2H3;/t26-;;/m1../s1. The van der Waals surface area contributed by atoms with Gasteiger partial charge in [-0.2, -0.15) is 0 Å². The number of benzene rings is 3. The molecule has 0 fully saturated rings. The Morgan fingerprint density at radius 3 is 1.97 bits per heavy atom. The van der Waals surface area contributed by atoms with Gasteiger partial charge in [0.2, 0.25) is 0 Å². The minimum absolute atomic E-state index is 0.0563. The first-order valence-corrected chi connectivity index (χ1v) is 11.8. The first-order chi connectivity index (χ1) is 15.6. The van der Waals surface area contributed by atoms with Crippen LogP contribution < -0.4 is 0 Å². The van der Waals surface area contributed by atoms with Crippen LogP contribution in [-0.2, 0) is 5.41 Å². The summed E-state index contributed by atoms with van der Waals surface area (Å²) in [6.07, 6.45) is 6.05. The Morgan fingerprint density at radius 1 is 0.844 bits per heavy atom. The minimum atomic E-state index is -0.0563. The van der Waals surface area contributed by atoms with Gasteiger partial charge in [0.1, 0.15) is 0 Å². The first-order valence-electron chi connectivity index (χ1n) is 11.4. The number of hydrogen-bond acceptors (Lipinski definition) is 1. The van der Waals surface area contributed by atoms with Crippen LogP contribution >= 0.6 is 12.1 Å². The Balaban J connectivity index is 0.000000455.